The average Bonchev–Trinajstić information content (AvgIpc) is 2.25. The topological polar surface area (TPSA) is 71.7 Å². The molecule has 4 N–H and O–H groups in total. The second-order valence-electron chi connectivity index (χ2n) is 5.44. The van der Waals surface area contributed by atoms with Crippen molar-refractivity contribution in [1.29, 1.82) is 0 Å². The van der Waals surface area contributed by atoms with Crippen molar-refractivity contribution in [2.45, 2.75) is 59.2 Å². The summed E-state index contributed by atoms with van der Waals surface area (Å²) in [5.74, 6) is 6.12. The summed E-state index contributed by atoms with van der Waals surface area (Å²) >= 11 is 0. The fourth-order valence-corrected chi connectivity index (χ4v) is 2.11. The first-order valence-corrected chi connectivity index (χ1v) is 6.34. The Kier molecular flexibility index (Phi) is 4.77. The van der Waals surface area contributed by atoms with Gasteiger partial charge in [-0.3, -0.25) is 5.43 Å². The minimum atomic E-state index is 0.0801. The molecule has 100 valence electrons. The number of rotatable bonds is 4. The number of hydrazine groups is 1. The molecule has 17 heavy (non-hydrogen) atoms. The van der Waals surface area contributed by atoms with E-state index < -0.39 is 0 Å². The van der Waals surface area contributed by atoms with Crippen LogP contribution in [0.5, 0.6) is 0 Å². The Hall–Kier alpha value is -0.810. The van der Waals surface area contributed by atoms with E-state index in [4.69, 9.17) is 10.6 Å². The smallest absolute Gasteiger partial charge is 0.206 e. The highest BCUT2D eigenvalue weighted by atomic mass is 16.5. The van der Waals surface area contributed by atoms with Crippen LogP contribution >= 0.6 is 0 Å². The molecular weight excluding hydrogens is 216 g/mol. The highest BCUT2D eigenvalue weighted by molar-refractivity contribution is 5.79. The number of hydrogen-bond acceptors (Lipinski definition) is 3. The van der Waals surface area contributed by atoms with Crippen LogP contribution in [0.25, 0.3) is 0 Å². The second kappa shape index (κ2) is 5.69. The number of nitrogens with two attached hydrogens (primary N) is 1. The number of aliphatic imine (C=N–C) groups is 1. The van der Waals surface area contributed by atoms with Gasteiger partial charge >= 0.3 is 0 Å². The molecule has 0 aromatic rings. The zero-order chi connectivity index (χ0) is 13.1. The highest BCUT2D eigenvalue weighted by Gasteiger charge is 2.49. The van der Waals surface area contributed by atoms with Crippen LogP contribution in [-0.2, 0) is 4.74 Å². The third-order valence-corrected chi connectivity index (χ3v) is 3.34. The fraction of sp³-hybridized carbons (Fsp3) is 0.917. The zero-order valence-electron chi connectivity index (χ0n) is 11.6. The first-order valence-electron chi connectivity index (χ1n) is 6.34. The molecule has 0 spiro atoms. The van der Waals surface area contributed by atoms with Crippen LogP contribution in [0.15, 0.2) is 4.99 Å². The van der Waals surface area contributed by atoms with Crippen LogP contribution < -0.4 is 16.6 Å². The molecule has 0 heterocycles. The molecule has 5 heteroatoms. The normalized spacial score (nSPS) is 27.8. The van der Waals surface area contributed by atoms with Gasteiger partial charge in [-0.25, -0.2) is 10.8 Å². The molecule has 0 saturated heterocycles. The lowest BCUT2D eigenvalue weighted by atomic mass is 9.65. The van der Waals surface area contributed by atoms with Gasteiger partial charge in [-0.05, 0) is 27.2 Å². The van der Waals surface area contributed by atoms with Crippen molar-refractivity contribution in [3.05, 3.63) is 0 Å². The van der Waals surface area contributed by atoms with Crippen molar-refractivity contribution < 1.29 is 4.74 Å². The van der Waals surface area contributed by atoms with Crippen LogP contribution in [-0.4, -0.2) is 30.8 Å². The summed E-state index contributed by atoms with van der Waals surface area (Å²) < 4.78 is 5.68. The maximum absolute atomic E-state index is 5.68. The average molecular weight is 242 g/mol. The van der Waals surface area contributed by atoms with E-state index in [1.807, 2.05) is 6.92 Å². The Morgan fingerprint density at radius 2 is 2.18 bits per heavy atom. The van der Waals surface area contributed by atoms with Gasteiger partial charge in [-0.1, -0.05) is 13.8 Å². The van der Waals surface area contributed by atoms with Gasteiger partial charge in [-0.15, -0.1) is 0 Å². The molecule has 0 radical (unpaired) electrons. The van der Waals surface area contributed by atoms with Gasteiger partial charge < -0.3 is 10.1 Å². The number of nitrogens with zero attached hydrogens (tertiary/aromatic N) is 1. The molecule has 1 aliphatic rings. The van der Waals surface area contributed by atoms with Gasteiger partial charge in [0.2, 0.25) is 5.96 Å². The minimum Gasteiger partial charge on any atom is -0.378 e. The predicted molar refractivity (Wildman–Crippen MR) is 70.6 cm³/mol. The molecule has 0 aliphatic heterocycles. The maximum Gasteiger partial charge on any atom is 0.206 e. The van der Waals surface area contributed by atoms with E-state index in [0.717, 1.165) is 13.0 Å². The van der Waals surface area contributed by atoms with Gasteiger partial charge in [0.15, 0.2) is 0 Å². The third kappa shape index (κ3) is 3.33. The summed E-state index contributed by atoms with van der Waals surface area (Å²) in [5.41, 5.74) is 2.70. The van der Waals surface area contributed by atoms with Crippen molar-refractivity contribution in [2.24, 2.45) is 16.3 Å². The Labute approximate surface area is 104 Å². The predicted octanol–water partition coefficient (Wildman–Crippen LogP) is 1.01. The number of ether oxygens (including phenoxy) is 1. The van der Waals surface area contributed by atoms with Gasteiger partial charge in [0.05, 0.1) is 12.1 Å². The molecule has 5 nitrogen and oxygen atoms in total. The first-order chi connectivity index (χ1) is 7.91. The van der Waals surface area contributed by atoms with Crippen molar-refractivity contribution >= 4 is 5.96 Å². The summed E-state index contributed by atoms with van der Waals surface area (Å²) in [6.45, 7) is 11.3. The molecular formula is C12H26N4O. The molecule has 1 aliphatic carbocycles. The Morgan fingerprint density at radius 3 is 2.59 bits per heavy atom. The Morgan fingerprint density at radius 1 is 1.53 bits per heavy atom. The summed E-state index contributed by atoms with van der Waals surface area (Å²) in [7, 11) is 0. The zero-order valence-corrected chi connectivity index (χ0v) is 11.6. The lowest BCUT2D eigenvalue weighted by molar-refractivity contribution is -0.103. The standard InChI is InChI=1S/C12H26N4O/c1-6-17-10-7-9(12(10,4)5)15-11(16-13)14-8(2)3/h8-10H,6-7,13H2,1-5H3,(H2,14,15,16). The first kappa shape index (κ1) is 14.3. The van der Waals surface area contributed by atoms with Gasteiger partial charge in [-0.2, -0.15) is 0 Å². The molecule has 0 bridgehead atoms. The number of nitrogens with one attached hydrogen (secondary N) is 2. The molecule has 0 aromatic carbocycles. The SMILES string of the molecule is CCOC1CC(N=C(NN)NC(C)C)C1(C)C. The van der Waals surface area contributed by atoms with E-state index in [0.29, 0.717) is 18.1 Å². The van der Waals surface area contributed by atoms with Crippen LogP contribution in [0.3, 0.4) is 0 Å². The lowest BCUT2D eigenvalue weighted by Gasteiger charge is -2.49. The van der Waals surface area contributed by atoms with Crippen molar-refractivity contribution in [3.8, 4) is 0 Å². The monoisotopic (exact) mass is 242 g/mol. The molecule has 2 atom stereocenters. The Bertz CT molecular complexity index is 276. The quantitative estimate of drug-likeness (QED) is 0.298. The largest absolute Gasteiger partial charge is 0.378 e. The van der Waals surface area contributed by atoms with Crippen molar-refractivity contribution in [3.63, 3.8) is 0 Å². The molecule has 1 saturated carbocycles. The lowest BCUT2D eigenvalue weighted by Crippen LogP contribution is -2.56. The van der Waals surface area contributed by atoms with Gasteiger partial charge in [0.25, 0.3) is 0 Å². The van der Waals surface area contributed by atoms with Crippen LogP contribution in [0.1, 0.15) is 41.0 Å². The van der Waals surface area contributed by atoms with E-state index in [1.165, 1.54) is 0 Å². The van der Waals surface area contributed by atoms with Crippen LogP contribution in [0.2, 0.25) is 0 Å². The van der Waals surface area contributed by atoms with Crippen LogP contribution in [0.4, 0.5) is 0 Å². The summed E-state index contributed by atoms with van der Waals surface area (Å²) in [6, 6.07) is 0.576. The molecule has 2 unspecified atom stereocenters. The number of hydrogen-bond donors (Lipinski definition) is 3. The number of guanidine groups is 1. The van der Waals surface area contributed by atoms with Crippen LogP contribution in [0, 0.1) is 5.41 Å². The van der Waals surface area contributed by atoms with E-state index in [9.17, 15) is 0 Å². The van der Waals surface area contributed by atoms with E-state index in [-0.39, 0.29) is 11.5 Å². The van der Waals surface area contributed by atoms with E-state index >= 15 is 0 Å². The van der Waals surface area contributed by atoms with E-state index in [1.54, 1.807) is 0 Å². The Balaban J connectivity index is 2.60. The molecule has 0 amide bonds. The fourth-order valence-electron chi connectivity index (χ4n) is 2.11. The van der Waals surface area contributed by atoms with Gasteiger partial charge in [0.1, 0.15) is 0 Å². The van der Waals surface area contributed by atoms with Gasteiger partial charge in [0, 0.05) is 18.1 Å². The summed E-state index contributed by atoms with van der Waals surface area (Å²) in [6.07, 6.45) is 1.27. The summed E-state index contributed by atoms with van der Waals surface area (Å²) in [4.78, 5) is 4.62. The maximum atomic E-state index is 5.68. The molecule has 1 fully saturated rings. The molecule has 1 rings (SSSR count). The highest BCUT2D eigenvalue weighted by Crippen LogP contribution is 2.44. The third-order valence-electron chi connectivity index (χ3n) is 3.34. The summed E-state index contributed by atoms with van der Waals surface area (Å²) in [5, 5.41) is 3.19. The van der Waals surface area contributed by atoms with Crippen molar-refractivity contribution in [2.75, 3.05) is 6.61 Å². The minimum absolute atomic E-state index is 0.0801. The molecule has 0 aromatic heterocycles. The van der Waals surface area contributed by atoms with E-state index in [2.05, 4.69) is 43.4 Å². The van der Waals surface area contributed by atoms with Crippen molar-refractivity contribution in [1.82, 2.24) is 10.7 Å². The second-order valence-corrected chi connectivity index (χ2v) is 5.44.